The number of halogens is 2. The lowest BCUT2D eigenvalue weighted by Gasteiger charge is -2.38. The molecule has 2 aliphatic rings. The van der Waals surface area contributed by atoms with Crippen LogP contribution in [-0.2, 0) is 10.0 Å². The molecule has 8 heteroatoms. The number of aromatic nitrogens is 2. The molecule has 2 bridgehead atoms. The maximum absolute atomic E-state index is 13.2. The Labute approximate surface area is 151 Å². The molecule has 4 rings (SSSR count). The van der Waals surface area contributed by atoms with Crippen LogP contribution in [0.25, 0.3) is 0 Å². The zero-order chi connectivity index (χ0) is 16.9. The molecule has 0 N–H and O–H groups in total. The highest BCUT2D eigenvalue weighted by Gasteiger charge is 2.48. The molecular formula is C16H17Cl2N3O2S. The van der Waals surface area contributed by atoms with Gasteiger partial charge in [0.1, 0.15) is 4.90 Å². The van der Waals surface area contributed by atoms with Gasteiger partial charge in [-0.05, 0) is 43.9 Å². The Balaban J connectivity index is 1.68. The second kappa shape index (κ2) is 6.02. The highest BCUT2D eigenvalue weighted by molar-refractivity contribution is 7.89. The van der Waals surface area contributed by atoms with Crippen molar-refractivity contribution in [2.45, 2.75) is 48.7 Å². The molecule has 128 valence electrons. The molecule has 1 aromatic carbocycles. The quantitative estimate of drug-likeness (QED) is 0.808. The summed E-state index contributed by atoms with van der Waals surface area (Å²) in [5, 5.41) is 4.67. The lowest BCUT2D eigenvalue weighted by atomic mass is 10.00. The van der Waals surface area contributed by atoms with Gasteiger partial charge in [0.25, 0.3) is 0 Å². The predicted molar refractivity (Wildman–Crippen MR) is 92.8 cm³/mol. The van der Waals surface area contributed by atoms with Gasteiger partial charge < -0.3 is 0 Å². The standard InChI is InChI=1S/C16H17Cl2N3O2S/c17-14-3-1-4-15(18)16(14)24(22,23)21-11-5-6-12(21)10-13(9-11)20-8-2-7-19-20/h1-4,7-8,11-13H,5-6,9-10H2. The van der Waals surface area contributed by atoms with Crippen LogP contribution in [0, 0.1) is 0 Å². The molecule has 24 heavy (non-hydrogen) atoms. The largest absolute Gasteiger partial charge is 0.270 e. The first-order valence-electron chi connectivity index (χ1n) is 7.95. The van der Waals surface area contributed by atoms with Crippen LogP contribution in [0.5, 0.6) is 0 Å². The Morgan fingerprint density at radius 1 is 1.00 bits per heavy atom. The van der Waals surface area contributed by atoms with Crippen LogP contribution >= 0.6 is 23.2 Å². The summed E-state index contributed by atoms with van der Waals surface area (Å²) in [5.41, 5.74) is 0. The van der Waals surface area contributed by atoms with Gasteiger partial charge in [-0.2, -0.15) is 9.40 Å². The smallest absolute Gasteiger partial charge is 0.246 e. The van der Waals surface area contributed by atoms with Crippen LogP contribution in [0.1, 0.15) is 31.7 Å². The molecule has 2 saturated heterocycles. The third-order valence-corrected chi connectivity index (χ3v) is 7.96. The molecule has 0 aliphatic carbocycles. The molecule has 5 nitrogen and oxygen atoms in total. The van der Waals surface area contributed by atoms with Gasteiger partial charge in [-0.3, -0.25) is 4.68 Å². The summed E-state index contributed by atoms with van der Waals surface area (Å²) in [6, 6.07) is 6.87. The fourth-order valence-electron chi connectivity index (χ4n) is 4.04. The van der Waals surface area contributed by atoms with Gasteiger partial charge in [-0.1, -0.05) is 29.3 Å². The van der Waals surface area contributed by atoms with E-state index in [1.807, 2.05) is 16.9 Å². The van der Waals surface area contributed by atoms with Gasteiger partial charge in [0.05, 0.1) is 16.1 Å². The second-order valence-corrected chi connectivity index (χ2v) is 8.98. The second-order valence-electron chi connectivity index (χ2n) is 6.38. The summed E-state index contributed by atoms with van der Waals surface area (Å²) in [6.07, 6.45) is 6.96. The van der Waals surface area contributed by atoms with E-state index in [2.05, 4.69) is 5.10 Å². The normalized spacial score (nSPS) is 27.5. The first kappa shape index (κ1) is 16.4. The molecule has 2 atom stereocenters. The number of rotatable bonds is 3. The molecular weight excluding hydrogens is 369 g/mol. The molecule has 3 heterocycles. The predicted octanol–water partition coefficient (Wildman–Crippen LogP) is 3.75. The van der Waals surface area contributed by atoms with Crippen molar-refractivity contribution >= 4 is 33.2 Å². The number of hydrogen-bond donors (Lipinski definition) is 0. The topological polar surface area (TPSA) is 55.2 Å². The maximum Gasteiger partial charge on any atom is 0.246 e. The van der Waals surface area contributed by atoms with Crippen molar-refractivity contribution in [2.75, 3.05) is 0 Å². The lowest BCUT2D eigenvalue weighted by Crippen LogP contribution is -2.47. The van der Waals surface area contributed by atoms with E-state index >= 15 is 0 Å². The van der Waals surface area contributed by atoms with Crippen molar-refractivity contribution in [3.8, 4) is 0 Å². The zero-order valence-corrected chi connectivity index (χ0v) is 15.2. The van der Waals surface area contributed by atoms with E-state index in [4.69, 9.17) is 23.2 Å². The van der Waals surface area contributed by atoms with Gasteiger partial charge in [0.15, 0.2) is 0 Å². The van der Waals surface area contributed by atoms with E-state index in [0.29, 0.717) is 0 Å². The molecule has 0 amide bonds. The average molecular weight is 386 g/mol. The SMILES string of the molecule is O=S(=O)(c1c(Cl)cccc1Cl)N1C2CCC1CC(n1cccn1)C2. The van der Waals surface area contributed by atoms with Gasteiger partial charge in [0.2, 0.25) is 10.0 Å². The van der Waals surface area contributed by atoms with Crippen LogP contribution in [0.2, 0.25) is 10.0 Å². The third-order valence-electron chi connectivity index (χ3n) is 4.99. The number of benzene rings is 1. The highest BCUT2D eigenvalue weighted by Crippen LogP contribution is 2.45. The number of hydrogen-bond acceptors (Lipinski definition) is 3. The minimum Gasteiger partial charge on any atom is -0.270 e. The Kier molecular flexibility index (Phi) is 4.11. The summed E-state index contributed by atoms with van der Waals surface area (Å²) in [5.74, 6) is 0. The highest BCUT2D eigenvalue weighted by atomic mass is 35.5. The first-order chi connectivity index (χ1) is 11.5. The minimum atomic E-state index is -3.71. The van der Waals surface area contributed by atoms with Crippen molar-refractivity contribution < 1.29 is 8.42 Å². The Morgan fingerprint density at radius 3 is 2.17 bits per heavy atom. The van der Waals surface area contributed by atoms with Crippen molar-refractivity contribution in [2.24, 2.45) is 0 Å². The monoisotopic (exact) mass is 385 g/mol. The maximum atomic E-state index is 13.2. The van der Waals surface area contributed by atoms with Gasteiger partial charge in [0, 0.05) is 24.5 Å². The van der Waals surface area contributed by atoms with E-state index in [1.165, 1.54) is 0 Å². The van der Waals surface area contributed by atoms with Crippen molar-refractivity contribution in [3.63, 3.8) is 0 Å². The molecule has 0 radical (unpaired) electrons. The summed E-state index contributed by atoms with van der Waals surface area (Å²) in [4.78, 5) is 0.0303. The van der Waals surface area contributed by atoms with Gasteiger partial charge >= 0.3 is 0 Å². The van der Waals surface area contributed by atoms with E-state index in [9.17, 15) is 8.42 Å². The Morgan fingerprint density at radius 2 is 1.62 bits per heavy atom. The molecule has 2 aromatic rings. The van der Waals surface area contributed by atoms with E-state index < -0.39 is 10.0 Å². The number of fused-ring (bicyclic) bond motifs is 2. The van der Waals surface area contributed by atoms with E-state index in [-0.39, 0.29) is 33.1 Å². The van der Waals surface area contributed by atoms with Crippen molar-refractivity contribution in [1.82, 2.24) is 14.1 Å². The molecule has 2 aliphatic heterocycles. The Hall–Kier alpha value is -1.08. The number of nitrogens with zero attached hydrogens (tertiary/aromatic N) is 3. The van der Waals surface area contributed by atoms with Crippen LogP contribution in [-0.4, -0.2) is 34.6 Å². The Bertz CT molecular complexity index is 820. The average Bonchev–Trinajstić information content (AvgIpc) is 3.14. The summed E-state index contributed by atoms with van der Waals surface area (Å²) in [6.45, 7) is 0. The molecule has 0 saturated carbocycles. The minimum absolute atomic E-state index is 0.0303. The summed E-state index contributed by atoms with van der Waals surface area (Å²) in [7, 11) is -3.71. The van der Waals surface area contributed by atoms with Crippen LogP contribution in [0.15, 0.2) is 41.6 Å². The molecule has 0 spiro atoms. The van der Waals surface area contributed by atoms with Crippen LogP contribution in [0.3, 0.4) is 0 Å². The fourth-order valence-corrected chi connectivity index (χ4v) is 7.03. The molecule has 1 aromatic heterocycles. The van der Waals surface area contributed by atoms with Crippen molar-refractivity contribution in [1.29, 1.82) is 0 Å². The van der Waals surface area contributed by atoms with Gasteiger partial charge in [-0.25, -0.2) is 8.42 Å². The van der Waals surface area contributed by atoms with E-state index in [0.717, 1.165) is 25.7 Å². The summed E-state index contributed by atoms with van der Waals surface area (Å²) < 4.78 is 30.0. The van der Waals surface area contributed by atoms with Crippen LogP contribution < -0.4 is 0 Å². The zero-order valence-electron chi connectivity index (χ0n) is 12.8. The molecule has 2 fully saturated rings. The third kappa shape index (κ3) is 2.56. The first-order valence-corrected chi connectivity index (χ1v) is 10.1. The fraction of sp³-hybridized carbons (Fsp3) is 0.438. The summed E-state index contributed by atoms with van der Waals surface area (Å²) >= 11 is 12.3. The lowest BCUT2D eigenvalue weighted by molar-refractivity contribution is 0.185. The van der Waals surface area contributed by atoms with E-state index in [1.54, 1.807) is 28.7 Å². The van der Waals surface area contributed by atoms with Crippen LogP contribution in [0.4, 0.5) is 0 Å². The molecule has 2 unspecified atom stereocenters. The van der Waals surface area contributed by atoms with Gasteiger partial charge in [-0.15, -0.1) is 0 Å². The number of piperidine rings is 1. The number of sulfonamides is 1. The van der Waals surface area contributed by atoms with Crippen molar-refractivity contribution in [3.05, 3.63) is 46.7 Å².